The molecule has 1 aromatic heterocycles. The maximum atomic E-state index is 5.55. The number of piperazine rings is 1. The van der Waals surface area contributed by atoms with Gasteiger partial charge in [0.15, 0.2) is 5.96 Å². The van der Waals surface area contributed by atoms with Crippen molar-refractivity contribution in [1.82, 2.24) is 25.1 Å². The lowest BCUT2D eigenvalue weighted by atomic mass is 10.0. The third kappa shape index (κ3) is 7.49. The van der Waals surface area contributed by atoms with E-state index in [0.717, 1.165) is 77.5 Å². The zero-order valence-electron chi connectivity index (χ0n) is 18.7. The number of halogens is 1. The van der Waals surface area contributed by atoms with Gasteiger partial charge in [-0.3, -0.25) is 9.89 Å². The number of aliphatic imine (C=N–C) groups is 1. The fourth-order valence-corrected chi connectivity index (χ4v) is 4.02. The molecule has 1 aromatic rings. The first-order valence-electron chi connectivity index (χ1n) is 11.0. The minimum atomic E-state index is 0. The number of anilines is 1. The molecule has 1 unspecified atom stereocenters. The highest BCUT2D eigenvalue weighted by Gasteiger charge is 2.24. The zero-order valence-corrected chi connectivity index (χ0v) is 21.0. The molecule has 0 spiro atoms. The maximum absolute atomic E-state index is 5.55. The number of guanidine groups is 1. The molecule has 0 aromatic carbocycles. The second-order valence-electron chi connectivity index (χ2n) is 8.15. The molecule has 0 bridgehead atoms. The van der Waals surface area contributed by atoms with Crippen LogP contribution in [0.1, 0.15) is 27.2 Å². The summed E-state index contributed by atoms with van der Waals surface area (Å²) >= 11 is 0. The van der Waals surface area contributed by atoms with Crippen LogP contribution in [0, 0.1) is 5.92 Å². The van der Waals surface area contributed by atoms with Crippen LogP contribution in [0.2, 0.25) is 0 Å². The normalized spacial score (nSPS) is 19.5. The molecular weight excluding hydrogens is 493 g/mol. The Morgan fingerprint density at radius 1 is 1.10 bits per heavy atom. The predicted octanol–water partition coefficient (Wildman–Crippen LogP) is 1.93. The molecule has 1 atom stereocenters. The summed E-state index contributed by atoms with van der Waals surface area (Å²) < 4.78 is 5.55. The van der Waals surface area contributed by atoms with Crippen LogP contribution in [0.25, 0.3) is 0 Å². The van der Waals surface area contributed by atoms with E-state index in [-0.39, 0.29) is 24.0 Å². The number of hydrogen-bond donors (Lipinski definition) is 1. The maximum Gasteiger partial charge on any atom is 0.225 e. The first-order valence-corrected chi connectivity index (χ1v) is 11.0. The van der Waals surface area contributed by atoms with Crippen molar-refractivity contribution < 1.29 is 4.74 Å². The van der Waals surface area contributed by atoms with Crippen LogP contribution < -0.4 is 10.2 Å². The molecule has 0 radical (unpaired) electrons. The summed E-state index contributed by atoms with van der Waals surface area (Å²) in [6.07, 6.45) is 4.78. The first-order chi connectivity index (χ1) is 14.2. The van der Waals surface area contributed by atoms with Crippen LogP contribution in [0.4, 0.5) is 5.95 Å². The van der Waals surface area contributed by atoms with Gasteiger partial charge in [-0.15, -0.1) is 24.0 Å². The van der Waals surface area contributed by atoms with Crippen molar-refractivity contribution in [1.29, 1.82) is 0 Å². The van der Waals surface area contributed by atoms with Gasteiger partial charge in [0.2, 0.25) is 5.95 Å². The fourth-order valence-electron chi connectivity index (χ4n) is 4.02. The third-order valence-electron chi connectivity index (χ3n) is 5.51. The second kappa shape index (κ2) is 13.3. The van der Waals surface area contributed by atoms with E-state index in [2.05, 4.69) is 50.8 Å². The van der Waals surface area contributed by atoms with Gasteiger partial charge in [0, 0.05) is 64.2 Å². The Hall–Kier alpha value is -1.20. The number of aromatic nitrogens is 2. The van der Waals surface area contributed by atoms with Gasteiger partial charge in [-0.2, -0.15) is 0 Å². The highest BCUT2D eigenvalue weighted by Crippen LogP contribution is 2.15. The van der Waals surface area contributed by atoms with E-state index in [9.17, 15) is 0 Å². The topological polar surface area (TPSA) is 69.1 Å². The Morgan fingerprint density at radius 3 is 2.37 bits per heavy atom. The van der Waals surface area contributed by atoms with Gasteiger partial charge >= 0.3 is 0 Å². The van der Waals surface area contributed by atoms with Gasteiger partial charge in [-0.25, -0.2) is 9.97 Å². The molecule has 0 amide bonds. The minimum Gasteiger partial charge on any atom is -0.379 e. The first kappa shape index (κ1) is 25.1. The van der Waals surface area contributed by atoms with E-state index in [4.69, 9.17) is 9.73 Å². The van der Waals surface area contributed by atoms with Gasteiger partial charge in [-0.05, 0) is 25.3 Å². The van der Waals surface area contributed by atoms with Crippen LogP contribution in [0.15, 0.2) is 23.5 Å². The number of rotatable bonds is 7. The molecule has 8 nitrogen and oxygen atoms in total. The minimum absolute atomic E-state index is 0. The average molecular weight is 531 g/mol. The summed E-state index contributed by atoms with van der Waals surface area (Å²) in [5.41, 5.74) is 0. The van der Waals surface area contributed by atoms with E-state index in [1.807, 2.05) is 6.07 Å². The van der Waals surface area contributed by atoms with Gasteiger partial charge in [0.25, 0.3) is 0 Å². The molecule has 2 fully saturated rings. The average Bonchev–Trinajstić information content (AvgIpc) is 2.77. The number of nitrogens with zero attached hydrogens (tertiary/aromatic N) is 6. The molecule has 0 aliphatic carbocycles. The summed E-state index contributed by atoms with van der Waals surface area (Å²) in [7, 11) is 0. The molecule has 170 valence electrons. The fraction of sp³-hybridized carbons (Fsp3) is 0.762. The van der Waals surface area contributed by atoms with Gasteiger partial charge in [0.05, 0.1) is 19.8 Å². The highest BCUT2D eigenvalue weighted by atomic mass is 127. The van der Waals surface area contributed by atoms with E-state index in [1.165, 1.54) is 6.42 Å². The highest BCUT2D eigenvalue weighted by molar-refractivity contribution is 14.0. The second-order valence-corrected chi connectivity index (χ2v) is 8.15. The van der Waals surface area contributed by atoms with Crippen molar-refractivity contribution in [3.8, 4) is 0 Å². The van der Waals surface area contributed by atoms with Crippen molar-refractivity contribution in [3.05, 3.63) is 18.5 Å². The standard InChI is InChI=1S/C21H37N7O.HI/c1-4-22-20(25-17-19(16-18(2)3)26-12-14-29-15-13-26)27-8-10-28(11-9-27)21-23-6-5-7-24-21;/h5-7,18-19H,4,8-17H2,1-3H3,(H,22,25);1H. The van der Waals surface area contributed by atoms with E-state index < -0.39 is 0 Å². The summed E-state index contributed by atoms with van der Waals surface area (Å²) in [6.45, 7) is 15.8. The van der Waals surface area contributed by atoms with Crippen LogP contribution >= 0.6 is 24.0 Å². The molecule has 3 heterocycles. The van der Waals surface area contributed by atoms with Crippen LogP contribution in [-0.4, -0.2) is 97.3 Å². The zero-order chi connectivity index (χ0) is 20.5. The smallest absolute Gasteiger partial charge is 0.225 e. The van der Waals surface area contributed by atoms with Crippen LogP contribution in [-0.2, 0) is 4.74 Å². The third-order valence-corrected chi connectivity index (χ3v) is 5.51. The summed E-state index contributed by atoms with van der Waals surface area (Å²) in [5, 5.41) is 3.50. The molecule has 30 heavy (non-hydrogen) atoms. The lowest BCUT2D eigenvalue weighted by Gasteiger charge is -2.37. The van der Waals surface area contributed by atoms with Crippen LogP contribution in [0.5, 0.6) is 0 Å². The summed E-state index contributed by atoms with van der Waals surface area (Å²) in [4.78, 5) is 21.0. The Labute approximate surface area is 198 Å². The van der Waals surface area contributed by atoms with Crippen molar-refractivity contribution in [2.45, 2.75) is 33.2 Å². The van der Waals surface area contributed by atoms with Gasteiger partial charge in [-0.1, -0.05) is 13.8 Å². The molecule has 2 aliphatic rings. The lowest BCUT2D eigenvalue weighted by molar-refractivity contribution is 0.0142. The lowest BCUT2D eigenvalue weighted by Crippen LogP contribution is -2.53. The van der Waals surface area contributed by atoms with Crippen molar-refractivity contribution in [2.24, 2.45) is 10.9 Å². The van der Waals surface area contributed by atoms with E-state index >= 15 is 0 Å². The molecule has 9 heteroatoms. The molecule has 3 rings (SSSR count). The van der Waals surface area contributed by atoms with Gasteiger partial charge in [0.1, 0.15) is 0 Å². The Balaban J connectivity index is 0.00000320. The monoisotopic (exact) mass is 531 g/mol. The molecule has 2 saturated heterocycles. The van der Waals surface area contributed by atoms with Crippen LogP contribution in [0.3, 0.4) is 0 Å². The molecular formula is C21H38IN7O. The Bertz CT molecular complexity index is 617. The van der Waals surface area contributed by atoms with Crippen molar-refractivity contribution >= 4 is 35.9 Å². The van der Waals surface area contributed by atoms with Gasteiger partial charge < -0.3 is 19.9 Å². The predicted molar refractivity (Wildman–Crippen MR) is 133 cm³/mol. The molecule has 1 N–H and O–H groups in total. The Morgan fingerprint density at radius 2 is 1.77 bits per heavy atom. The molecule has 2 aliphatic heterocycles. The van der Waals surface area contributed by atoms with E-state index in [0.29, 0.717) is 12.0 Å². The van der Waals surface area contributed by atoms with Crippen molar-refractivity contribution in [2.75, 3.05) is 70.5 Å². The Kier molecular flexibility index (Phi) is 11.1. The van der Waals surface area contributed by atoms with E-state index in [1.54, 1.807) is 12.4 Å². The number of hydrogen-bond acceptors (Lipinski definition) is 6. The summed E-state index contributed by atoms with van der Waals surface area (Å²) in [6, 6.07) is 2.34. The number of nitrogens with one attached hydrogen (secondary N) is 1. The van der Waals surface area contributed by atoms with Crippen molar-refractivity contribution in [3.63, 3.8) is 0 Å². The largest absolute Gasteiger partial charge is 0.379 e. The molecule has 0 saturated carbocycles. The number of ether oxygens (including phenoxy) is 1. The number of morpholine rings is 1. The SMILES string of the molecule is CCNC(=NCC(CC(C)C)N1CCOCC1)N1CCN(c2ncccn2)CC1.I. The summed E-state index contributed by atoms with van der Waals surface area (Å²) in [5.74, 6) is 2.51. The quantitative estimate of drug-likeness (QED) is 0.328.